The van der Waals surface area contributed by atoms with Crippen LogP contribution in [0.5, 0.6) is 0 Å². The molecule has 11 heteroatoms. The Bertz CT molecular complexity index is 1150. The van der Waals surface area contributed by atoms with Crippen molar-refractivity contribution in [3.63, 3.8) is 0 Å². The van der Waals surface area contributed by atoms with Crippen LogP contribution in [-0.4, -0.2) is 65.0 Å². The number of pyridine rings is 1. The fourth-order valence-corrected chi connectivity index (χ4v) is 4.66. The predicted molar refractivity (Wildman–Crippen MR) is 138 cm³/mol. The van der Waals surface area contributed by atoms with Crippen molar-refractivity contribution in [2.24, 2.45) is 17.6 Å². The second-order valence-electron chi connectivity index (χ2n) is 9.34. The summed E-state index contributed by atoms with van der Waals surface area (Å²) >= 11 is 6.53. The molecule has 1 aromatic carbocycles. The fourth-order valence-electron chi connectivity index (χ4n) is 3.86. The summed E-state index contributed by atoms with van der Waals surface area (Å²) in [5, 5.41) is 2.69. The van der Waals surface area contributed by atoms with E-state index in [4.69, 9.17) is 17.3 Å². The number of alkyl halides is 1. The van der Waals surface area contributed by atoms with Gasteiger partial charge in [-0.25, -0.2) is 17.8 Å². The SMILES string of the molecule is CC1CC1CN(C)c1cc(C(=O)N[C@@H](Cc2ccccc2)C(N)CF)c(Cl)c(N(C)S(C)(=O)=O)n1. The lowest BCUT2D eigenvalue weighted by Crippen LogP contribution is -2.50. The lowest BCUT2D eigenvalue weighted by molar-refractivity contribution is 0.0928. The Balaban J connectivity index is 1.96. The highest BCUT2D eigenvalue weighted by atomic mass is 35.5. The molecule has 1 aromatic heterocycles. The molecular weight excluding hydrogens is 493 g/mol. The molecule has 4 atom stereocenters. The van der Waals surface area contributed by atoms with Crippen molar-refractivity contribution in [2.45, 2.75) is 31.8 Å². The van der Waals surface area contributed by atoms with Gasteiger partial charge in [0.05, 0.1) is 28.9 Å². The minimum atomic E-state index is -3.70. The van der Waals surface area contributed by atoms with Crippen LogP contribution in [0.1, 0.15) is 29.3 Å². The Morgan fingerprint density at radius 1 is 1.31 bits per heavy atom. The third kappa shape index (κ3) is 6.83. The van der Waals surface area contributed by atoms with E-state index in [1.807, 2.05) is 42.3 Å². The number of halogens is 2. The zero-order chi connectivity index (χ0) is 25.9. The first-order valence-electron chi connectivity index (χ1n) is 11.4. The molecule has 0 spiro atoms. The van der Waals surface area contributed by atoms with Crippen LogP contribution >= 0.6 is 11.6 Å². The van der Waals surface area contributed by atoms with Crippen LogP contribution < -0.4 is 20.3 Å². The number of amides is 1. The maximum Gasteiger partial charge on any atom is 0.253 e. The molecule has 0 saturated heterocycles. The molecule has 3 unspecified atom stereocenters. The Morgan fingerprint density at radius 2 is 1.94 bits per heavy atom. The van der Waals surface area contributed by atoms with Gasteiger partial charge in [0.15, 0.2) is 5.82 Å². The van der Waals surface area contributed by atoms with Crippen LogP contribution in [0, 0.1) is 11.8 Å². The van der Waals surface area contributed by atoms with E-state index in [0.717, 1.165) is 22.5 Å². The van der Waals surface area contributed by atoms with Crippen molar-refractivity contribution in [1.82, 2.24) is 10.3 Å². The first-order valence-corrected chi connectivity index (χ1v) is 13.7. The van der Waals surface area contributed by atoms with E-state index in [1.165, 1.54) is 13.1 Å². The van der Waals surface area contributed by atoms with Crippen molar-refractivity contribution in [1.29, 1.82) is 0 Å². The van der Waals surface area contributed by atoms with E-state index in [1.54, 1.807) is 0 Å². The number of nitrogens with one attached hydrogen (secondary N) is 1. The molecule has 0 radical (unpaired) electrons. The molecule has 1 saturated carbocycles. The Kier molecular flexibility index (Phi) is 8.61. The number of nitrogens with two attached hydrogens (primary N) is 1. The average Bonchev–Trinajstić information content (AvgIpc) is 3.51. The number of benzene rings is 1. The van der Waals surface area contributed by atoms with Gasteiger partial charge in [0.2, 0.25) is 10.0 Å². The van der Waals surface area contributed by atoms with Crippen molar-refractivity contribution >= 4 is 39.2 Å². The van der Waals surface area contributed by atoms with Crippen molar-refractivity contribution < 1.29 is 17.6 Å². The number of nitrogens with zero attached hydrogens (tertiary/aromatic N) is 3. The van der Waals surface area contributed by atoms with E-state index in [0.29, 0.717) is 30.6 Å². The van der Waals surface area contributed by atoms with Crippen LogP contribution in [0.25, 0.3) is 0 Å². The van der Waals surface area contributed by atoms with Gasteiger partial charge in [-0.15, -0.1) is 0 Å². The third-order valence-corrected chi connectivity index (χ3v) is 7.99. The molecule has 35 heavy (non-hydrogen) atoms. The molecule has 8 nitrogen and oxygen atoms in total. The van der Waals surface area contributed by atoms with E-state index < -0.39 is 34.7 Å². The number of carbonyl (C=O) groups excluding carboxylic acids is 1. The summed E-state index contributed by atoms with van der Waals surface area (Å²) < 4.78 is 38.9. The number of carbonyl (C=O) groups is 1. The number of rotatable bonds is 11. The third-order valence-electron chi connectivity index (χ3n) is 6.45. The predicted octanol–water partition coefficient (Wildman–Crippen LogP) is 2.86. The summed E-state index contributed by atoms with van der Waals surface area (Å²) in [7, 11) is -0.531. The summed E-state index contributed by atoms with van der Waals surface area (Å²) in [4.78, 5) is 19.7. The lowest BCUT2D eigenvalue weighted by Gasteiger charge is -2.26. The first kappa shape index (κ1) is 27.2. The second kappa shape index (κ2) is 11.1. The number of hydrogen-bond donors (Lipinski definition) is 2. The molecule has 192 valence electrons. The Hall–Kier alpha value is -2.43. The van der Waals surface area contributed by atoms with Gasteiger partial charge < -0.3 is 16.0 Å². The van der Waals surface area contributed by atoms with Gasteiger partial charge in [-0.1, -0.05) is 48.9 Å². The van der Waals surface area contributed by atoms with Crippen LogP contribution in [0.2, 0.25) is 5.02 Å². The second-order valence-corrected chi connectivity index (χ2v) is 11.7. The zero-order valence-corrected chi connectivity index (χ0v) is 22.0. The van der Waals surface area contributed by atoms with E-state index >= 15 is 0 Å². The lowest BCUT2D eigenvalue weighted by atomic mass is 10.00. The molecule has 1 fully saturated rings. The quantitative estimate of drug-likeness (QED) is 0.467. The molecule has 0 bridgehead atoms. The molecule has 0 aliphatic heterocycles. The molecule has 1 heterocycles. The first-order chi connectivity index (χ1) is 16.4. The minimum absolute atomic E-state index is 0.0435. The van der Waals surface area contributed by atoms with E-state index in [9.17, 15) is 17.6 Å². The highest BCUT2D eigenvalue weighted by Gasteiger charge is 2.34. The molecule has 3 rings (SSSR count). The summed E-state index contributed by atoms with van der Waals surface area (Å²) in [5.74, 6) is 0.885. The van der Waals surface area contributed by atoms with Gasteiger partial charge in [-0.3, -0.25) is 9.10 Å². The smallest absolute Gasteiger partial charge is 0.253 e. The normalized spacial score (nSPS) is 19.1. The van der Waals surface area contributed by atoms with Gasteiger partial charge in [-0.05, 0) is 36.3 Å². The van der Waals surface area contributed by atoms with Gasteiger partial charge in [0, 0.05) is 20.6 Å². The summed E-state index contributed by atoms with van der Waals surface area (Å²) in [6.07, 6.45) is 2.45. The van der Waals surface area contributed by atoms with E-state index in [-0.39, 0.29) is 16.4 Å². The largest absolute Gasteiger partial charge is 0.359 e. The standard InChI is InChI=1S/C24H33ClFN5O3S/c1-15-10-17(15)14-30(2)21-12-18(22(25)23(29-21)31(3)35(4,33)34)24(32)28-20(19(27)13-26)11-16-8-6-5-7-9-16/h5-9,12,15,17,19-20H,10-11,13-14,27H2,1-4H3,(H,28,32)/t15?,17?,19?,20-/m0/s1. The van der Waals surface area contributed by atoms with Gasteiger partial charge in [0.25, 0.3) is 5.91 Å². The molecule has 2 aromatic rings. The van der Waals surface area contributed by atoms with Crippen molar-refractivity contribution in [3.05, 3.63) is 52.5 Å². The maximum absolute atomic E-state index is 13.5. The summed E-state index contributed by atoms with van der Waals surface area (Å²) in [6, 6.07) is 9.20. The van der Waals surface area contributed by atoms with E-state index in [2.05, 4.69) is 17.2 Å². The number of anilines is 2. The Morgan fingerprint density at radius 3 is 2.49 bits per heavy atom. The molecule has 1 aliphatic rings. The Labute approximate surface area is 211 Å². The average molecular weight is 526 g/mol. The number of sulfonamides is 1. The minimum Gasteiger partial charge on any atom is -0.359 e. The monoisotopic (exact) mass is 525 g/mol. The fraction of sp³-hybridized carbons (Fsp3) is 0.500. The van der Waals surface area contributed by atoms with Crippen LogP contribution in [0.3, 0.4) is 0 Å². The number of hydrogen-bond acceptors (Lipinski definition) is 6. The summed E-state index contributed by atoms with van der Waals surface area (Å²) in [6.45, 7) is 2.05. The molecular formula is C24H33ClFN5O3S. The molecule has 1 amide bonds. The van der Waals surface area contributed by atoms with Crippen LogP contribution in [0.4, 0.5) is 16.0 Å². The van der Waals surface area contributed by atoms with Crippen molar-refractivity contribution in [2.75, 3.05) is 42.8 Å². The summed E-state index contributed by atoms with van der Waals surface area (Å²) in [5.41, 5.74) is 6.92. The highest BCUT2D eigenvalue weighted by molar-refractivity contribution is 7.92. The van der Waals surface area contributed by atoms with Crippen LogP contribution in [0.15, 0.2) is 36.4 Å². The van der Waals surface area contributed by atoms with Crippen LogP contribution in [-0.2, 0) is 16.4 Å². The highest BCUT2D eigenvalue weighted by Crippen LogP contribution is 2.39. The molecule has 1 aliphatic carbocycles. The van der Waals surface area contributed by atoms with Gasteiger partial charge in [-0.2, -0.15) is 0 Å². The maximum atomic E-state index is 13.5. The zero-order valence-electron chi connectivity index (χ0n) is 20.4. The van der Waals surface area contributed by atoms with Crippen molar-refractivity contribution in [3.8, 4) is 0 Å². The molecule has 3 N–H and O–H groups in total. The van der Waals surface area contributed by atoms with Gasteiger partial charge >= 0.3 is 0 Å². The van der Waals surface area contributed by atoms with Gasteiger partial charge in [0.1, 0.15) is 12.5 Å². The number of aromatic nitrogens is 1. The topological polar surface area (TPSA) is 109 Å².